The average Bonchev–Trinajstić information content (AvgIpc) is 3.10. The van der Waals surface area contributed by atoms with E-state index in [2.05, 4.69) is 58.1 Å². The SMILES string of the molecule is CN1CC[C@@H](N(C)Cc2ccccc2-c2ncc[nH]2)C1. The highest BCUT2D eigenvalue weighted by molar-refractivity contribution is 5.59. The van der Waals surface area contributed by atoms with E-state index in [1.165, 1.54) is 30.6 Å². The highest BCUT2D eigenvalue weighted by Crippen LogP contribution is 2.23. The number of benzene rings is 1. The van der Waals surface area contributed by atoms with Crippen LogP contribution in [0.3, 0.4) is 0 Å². The summed E-state index contributed by atoms with van der Waals surface area (Å²) >= 11 is 0. The molecule has 0 aliphatic carbocycles. The van der Waals surface area contributed by atoms with Crippen LogP contribution < -0.4 is 0 Å². The second-order valence-electron chi connectivity index (χ2n) is 5.71. The van der Waals surface area contributed by atoms with Gasteiger partial charge in [-0.3, -0.25) is 4.90 Å². The molecule has 106 valence electrons. The number of likely N-dealkylation sites (N-methyl/N-ethyl adjacent to an activating group) is 2. The third-order valence-electron chi connectivity index (χ3n) is 4.18. The van der Waals surface area contributed by atoms with Crippen molar-refractivity contribution in [2.75, 3.05) is 27.2 Å². The minimum absolute atomic E-state index is 0.657. The van der Waals surface area contributed by atoms with E-state index in [1.54, 1.807) is 0 Å². The Morgan fingerprint density at radius 2 is 2.25 bits per heavy atom. The van der Waals surface area contributed by atoms with Crippen molar-refractivity contribution in [3.05, 3.63) is 42.2 Å². The lowest BCUT2D eigenvalue weighted by atomic mass is 10.1. The first-order valence-electron chi connectivity index (χ1n) is 7.20. The normalized spacial score (nSPS) is 19.9. The van der Waals surface area contributed by atoms with Crippen molar-refractivity contribution >= 4 is 0 Å². The zero-order valence-electron chi connectivity index (χ0n) is 12.2. The Hall–Kier alpha value is -1.65. The lowest BCUT2D eigenvalue weighted by Crippen LogP contribution is -2.33. The van der Waals surface area contributed by atoms with Gasteiger partial charge in [-0.05, 0) is 32.6 Å². The van der Waals surface area contributed by atoms with Crippen molar-refractivity contribution in [3.63, 3.8) is 0 Å². The van der Waals surface area contributed by atoms with Crippen LogP contribution in [0.2, 0.25) is 0 Å². The quantitative estimate of drug-likeness (QED) is 0.925. The summed E-state index contributed by atoms with van der Waals surface area (Å²) < 4.78 is 0. The van der Waals surface area contributed by atoms with Crippen molar-refractivity contribution in [2.24, 2.45) is 0 Å². The summed E-state index contributed by atoms with van der Waals surface area (Å²) in [7, 11) is 4.42. The van der Waals surface area contributed by atoms with E-state index in [9.17, 15) is 0 Å². The Morgan fingerprint density at radius 1 is 1.40 bits per heavy atom. The monoisotopic (exact) mass is 270 g/mol. The van der Waals surface area contributed by atoms with Gasteiger partial charge < -0.3 is 9.88 Å². The minimum atomic E-state index is 0.657. The van der Waals surface area contributed by atoms with Crippen LogP contribution in [0.4, 0.5) is 0 Å². The average molecular weight is 270 g/mol. The van der Waals surface area contributed by atoms with Gasteiger partial charge in [0.25, 0.3) is 0 Å². The van der Waals surface area contributed by atoms with Gasteiger partial charge in [0.15, 0.2) is 0 Å². The maximum absolute atomic E-state index is 4.38. The van der Waals surface area contributed by atoms with Gasteiger partial charge in [0.05, 0.1) is 0 Å². The number of rotatable bonds is 4. The molecular formula is C16H22N4. The molecule has 1 atom stereocenters. The fourth-order valence-electron chi connectivity index (χ4n) is 2.97. The van der Waals surface area contributed by atoms with E-state index < -0.39 is 0 Å². The molecule has 3 rings (SSSR count). The number of hydrogen-bond donors (Lipinski definition) is 1. The maximum Gasteiger partial charge on any atom is 0.137 e. The standard InChI is InChI=1S/C16H22N4/c1-19-10-7-14(12-19)20(2)11-13-5-3-4-6-15(13)16-17-8-9-18-16/h3-6,8-9,14H,7,10-12H2,1-2H3,(H,17,18)/t14-/m1/s1. The predicted molar refractivity (Wildman–Crippen MR) is 81.4 cm³/mol. The van der Waals surface area contributed by atoms with Gasteiger partial charge in [0.1, 0.15) is 5.82 Å². The van der Waals surface area contributed by atoms with E-state index in [0.717, 1.165) is 12.4 Å². The third-order valence-corrected chi connectivity index (χ3v) is 4.18. The Bertz CT molecular complexity index is 549. The number of hydrogen-bond acceptors (Lipinski definition) is 3. The number of aromatic nitrogens is 2. The first-order chi connectivity index (χ1) is 9.74. The number of nitrogens with one attached hydrogen (secondary N) is 1. The Labute approximate surface area is 120 Å². The highest BCUT2D eigenvalue weighted by Gasteiger charge is 2.23. The number of aromatic amines is 1. The zero-order valence-corrected chi connectivity index (χ0v) is 12.2. The zero-order chi connectivity index (χ0) is 13.9. The van der Waals surface area contributed by atoms with Crippen LogP contribution in [0, 0.1) is 0 Å². The molecule has 0 spiro atoms. The first kappa shape index (κ1) is 13.3. The summed E-state index contributed by atoms with van der Waals surface area (Å²) in [5.41, 5.74) is 2.54. The summed E-state index contributed by atoms with van der Waals surface area (Å²) in [4.78, 5) is 12.5. The summed E-state index contributed by atoms with van der Waals surface area (Å²) in [5, 5.41) is 0. The largest absolute Gasteiger partial charge is 0.345 e. The topological polar surface area (TPSA) is 35.2 Å². The Balaban J connectivity index is 1.77. The Morgan fingerprint density at radius 3 is 2.95 bits per heavy atom. The molecular weight excluding hydrogens is 248 g/mol. The van der Waals surface area contributed by atoms with Crippen LogP contribution in [-0.4, -0.2) is 53.0 Å². The molecule has 1 aromatic heterocycles. The van der Waals surface area contributed by atoms with Gasteiger partial charge in [-0.25, -0.2) is 4.98 Å². The molecule has 1 N–H and O–H groups in total. The van der Waals surface area contributed by atoms with Crippen molar-refractivity contribution in [3.8, 4) is 11.4 Å². The number of nitrogens with zero attached hydrogens (tertiary/aromatic N) is 3. The van der Waals surface area contributed by atoms with E-state index in [4.69, 9.17) is 0 Å². The van der Waals surface area contributed by atoms with E-state index >= 15 is 0 Å². The summed E-state index contributed by atoms with van der Waals surface area (Å²) in [6.07, 6.45) is 4.94. The molecule has 1 fully saturated rings. The fourth-order valence-corrected chi connectivity index (χ4v) is 2.97. The molecule has 1 aliphatic rings. The van der Waals surface area contributed by atoms with Crippen LogP contribution in [0.15, 0.2) is 36.7 Å². The summed E-state index contributed by atoms with van der Waals surface area (Å²) in [6.45, 7) is 3.34. The van der Waals surface area contributed by atoms with Crippen molar-refractivity contribution in [2.45, 2.75) is 19.0 Å². The van der Waals surface area contributed by atoms with Gasteiger partial charge in [-0.15, -0.1) is 0 Å². The van der Waals surface area contributed by atoms with Gasteiger partial charge >= 0.3 is 0 Å². The smallest absolute Gasteiger partial charge is 0.137 e. The molecule has 0 bridgehead atoms. The predicted octanol–water partition coefficient (Wildman–Crippen LogP) is 2.21. The molecule has 2 heterocycles. The maximum atomic E-state index is 4.38. The Kier molecular flexibility index (Phi) is 3.85. The molecule has 0 radical (unpaired) electrons. The molecule has 20 heavy (non-hydrogen) atoms. The fraction of sp³-hybridized carbons (Fsp3) is 0.438. The number of imidazole rings is 1. The second-order valence-corrected chi connectivity index (χ2v) is 5.71. The summed E-state index contributed by atoms with van der Waals surface area (Å²) in [6, 6.07) is 9.18. The van der Waals surface area contributed by atoms with Crippen LogP contribution in [0.1, 0.15) is 12.0 Å². The van der Waals surface area contributed by atoms with Gasteiger partial charge in [-0.2, -0.15) is 0 Å². The van der Waals surface area contributed by atoms with Crippen molar-refractivity contribution in [1.82, 2.24) is 19.8 Å². The van der Waals surface area contributed by atoms with Crippen molar-refractivity contribution in [1.29, 1.82) is 0 Å². The van der Waals surface area contributed by atoms with Gasteiger partial charge in [0.2, 0.25) is 0 Å². The van der Waals surface area contributed by atoms with Gasteiger partial charge in [-0.1, -0.05) is 24.3 Å². The van der Waals surface area contributed by atoms with E-state index in [1.807, 2.05) is 12.4 Å². The van der Waals surface area contributed by atoms with E-state index in [0.29, 0.717) is 6.04 Å². The van der Waals surface area contributed by atoms with Crippen LogP contribution >= 0.6 is 0 Å². The lowest BCUT2D eigenvalue weighted by molar-refractivity contribution is 0.234. The van der Waals surface area contributed by atoms with Crippen LogP contribution in [-0.2, 0) is 6.54 Å². The van der Waals surface area contributed by atoms with Crippen LogP contribution in [0.25, 0.3) is 11.4 Å². The highest BCUT2D eigenvalue weighted by atomic mass is 15.2. The molecule has 1 aliphatic heterocycles. The summed E-state index contributed by atoms with van der Waals surface area (Å²) in [5.74, 6) is 0.956. The molecule has 4 nitrogen and oxygen atoms in total. The lowest BCUT2D eigenvalue weighted by Gasteiger charge is -2.25. The number of likely N-dealkylation sites (tertiary alicyclic amines) is 1. The third kappa shape index (κ3) is 2.76. The molecule has 1 saturated heterocycles. The van der Waals surface area contributed by atoms with E-state index in [-0.39, 0.29) is 0 Å². The minimum Gasteiger partial charge on any atom is -0.345 e. The molecule has 4 heteroatoms. The molecule has 0 saturated carbocycles. The molecule has 0 unspecified atom stereocenters. The molecule has 1 aromatic carbocycles. The first-order valence-corrected chi connectivity index (χ1v) is 7.20. The van der Waals surface area contributed by atoms with Gasteiger partial charge in [0, 0.05) is 37.1 Å². The second kappa shape index (κ2) is 5.77. The van der Waals surface area contributed by atoms with Crippen molar-refractivity contribution < 1.29 is 0 Å². The van der Waals surface area contributed by atoms with Crippen LogP contribution in [0.5, 0.6) is 0 Å². The molecule has 0 amide bonds. The molecule has 2 aromatic rings. The number of H-pyrrole nitrogens is 1.